The van der Waals surface area contributed by atoms with Crippen LogP contribution in [0.25, 0.3) is 0 Å². The van der Waals surface area contributed by atoms with Gasteiger partial charge in [0.25, 0.3) is 5.56 Å². The summed E-state index contributed by atoms with van der Waals surface area (Å²) in [6.45, 7) is 1.88. The van der Waals surface area contributed by atoms with Crippen LogP contribution in [-0.4, -0.2) is 9.97 Å². The molecule has 0 radical (unpaired) electrons. The maximum Gasteiger partial charge on any atom is 0.255 e. The Morgan fingerprint density at radius 2 is 2.10 bits per heavy atom. The fourth-order valence-electron chi connectivity index (χ4n) is 2.52. The average molecular weight is 273 g/mol. The zero-order chi connectivity index (χ0) is 14.1. The number of nitrogens with one attached hydrogen (secondary N) is 2. The van der Waals surface area contributed by atoms with Gasteiger partial charge in [0.2, 0.25) is 5.95 Å². The van der Waals surface area contributed by atoms with Gasteiger partial charge >= 0.3 is 0 Å². The molecule has 4 nitrogen and oxygen atoms in total. The van der Waals surface area contributed by atoms with Gasteiger partial charge in [-0.25, -0.2) is 9.37 Å². The molecule has 20 heavy (non-hydrogen) atoms. The van der Waals surface area contributed by atoms with Crippen LogP contribution in [0.2, 0.25) is 0 Å². The highest BCUT2D eigenvalue weighted by Crippen LogP contribution is 2.21. The number of anilines is 2. The highest BCUT2D eigenvalue weighted by Gasteiger charge is 2.16. The van der Waals surface area contributed by atoms with Gasteiger partial charge in [-0.15, -0.1) is 0 Å². The zero-order valence-electron chi connectivity index (χ0n) is 11.3. The second-order valence-electron chi connectivity index (χ2n) is 5.16. The number of aryl methyl sites for hydroxylation is 2. The number of aromatic amines is 1. The second-order valence-corrected chi connectivity index (χ2v) is 5.16. The van der Waals surface area contributed by atoms with Crippen molar-refractivity contribution in [1.29, 1.82) is 0 Å². The largest absolute Gasteiger partial charge is 0.323 e. The molecule has 1 heterocycles. The number of fused-ring (bicyclic) bond motifs is 1. The topological polar surface area (TPSA) is 57.8 Å². The molecule has 3 rings (SSSR count). The Morgan fingerprint density at radius 3 is 2.95 bits per heavy atom. The summed E-state index contributed by atoms with van der Waals surface area (Å²) < 4.78 is 13.7. The molecule has 104 valence electrons. The molecule has 0 saturated carbocycles. The first-order valence-electron chi connectivity index (χ1n) is 6.79. The van der Waals surface area contributed by atoms with E-state index in [9.17, 15) is 9.18 Å². The molecule has 0 fully saturated rings. The normalized spacial score (nSPS) is 13.9. The van der Waals surface area contributed by atoms with E-state index in [1.165, 1.54) is 6.07 Å². The number of rotatable bonds is 2. The van der Waals surface area contributed by atoms with Crippen molar-refractivity contribution >= 4 is 11.6 Å². The fraction of sp³-hybridized carbons (Fsp3) is 0.333. The third-order valence-corrected chi connectivity index (χ3v) is 3.57. The number of hydrogen-bond acceptors (Lipinski definition) is 3. The summed E-state index contributed by atoms with van der Waals surface area (Å²) in [6.07, 6.45) is 3.65. The lowest BCUT2D eigenvalue weighted by Gasteiger charge is -2.15. The molecular formula is C15H16FN3O. The van der Waals surface area contributed by atoms with E-state index in [0.29, 0.717) is 11.6 Å². The summed E-state index contributed by atoms with van der Waals surface area (Å²) in [5, 5.41) is 2.86. The van der Waals surface area contributed by atoms with Gasteiger partial charge < -0.3 is 5.32 Å². The Kier molecular flexibility index (Phi) is 3.26. The molecule has 0 unspecified atom stereocenters. The minimum absolute atomic E-state index is 0.120. The molecule has 1 aliphatic rings. The Bertz CT molecular complexity index is 709. The van der Waals surface area contributed by atoms with Crippen LogP contribution >= 0.6 is 0 Å². The minimum atomic E-state index is -0.365. The van der Waals surface area contributed by atoms with Crippen LogP contribution in [0.5, 0.6) is 0 Å². The molecule has 0 amide bonds. The molecule has 0 atom stereocenters. The van der Waals surface area contributed by atoms with Gasteiger partial charge in [-0.05, 0) is 50.3 Å². The van der Waals surface area contributed by atoms with Gasteiger partial charge in [0.15, 0.2) is 0 Å². The Morgan fingerprint density at radius 1 is 1.30 bits per heavy atom. The van der Waals surface area contributed by atoms with E-state index in [0.717, 1.165) is 42.5 Å². The smallest absolute Gasteiger partial charge is 0.255 e. The van der Waals surface area contributed by atoms with Crippen LogP contribution in [0.3, 0.4) is 0 Å². The van der Waals surface area contributed by atoms with Crippen molar-refractivity contribution in [2.45, 2.75) is 32.6 Å². The Labute approximate surface area is 116 Å². The summed E-state index contributed by atoms with van der Waals surface area (Å²) in [7, 11) is 0. The lowest BCUT2D eigenvalue weighted by molar-refractivity contribution is 0.630. The van der Waals surface area contributed by atoms with Crippen molar-refractivity contribution in [2.75, 3.05) is 5.32 Å². The summed E-state index contributed by atoms with van der Waals surface area (Å²) in [6, 6.07) is 4.78. The quantitative estimate of drug-likeness (QED) is 0.884. The second kappa shape index (κ2) is 5.07. The van der Waals surface area contributed by atoms with Crippen LogP contribution in [0, 0.1) is 12.7 Å². The van der Waals surface area contributed by atoms with Crippen LogP contribution in [0.4, 0.5) is 16.0 Å². The van der Waals surface area contributed by atoms with Gasteiger partial charge in [-0.1, -0.05) is 6.07 Å². The SMILES string of the molecule is Cc1ccc(F)c(Nc2nc3c(c(=O)[nH]2)CCCC3)c1. The van der Waals surface area contributed by atoms with Crippen molar-refractivity contribution in [1.82, 2.24) is 9.97 Å². The lowest BCUT2D eigenvalue weighted by Crippen LogP contribution is -2.22. The van der Waals surface area contributed by atoms with E-state index in [1.54, 1.807) is 12.1 Å². The predicted molar refractivity (Wildman–Crippen MR) is 75.9 cm³/mol. The molecule has 1 aromatic carbocycles. The zero-order valence-corrected chi connectivity index (χ0v) is 11.3. The number of aromatic nitrogens is 2. The molecule has 0 bridgehead atoms. The van der Waals surface area contributed by atoms with Crippen molar-refractivity contribution in [2.24, 2.45) is 0 Å². The van der Waals surface area contributed by atoms with Gasteiger partial charge in [0.05, 0.1) is 11.4 Å². The van der Waals surface area contributed by atoms with E-state index < -0.39 is 0 Å². The molecule has 1 aromatic heterocycles. The Hall–Kier alpha value is -2.17. The molecule has 5 heteroatoms. The number of halogens is 1. The molecule has 1 aliphatic carbocycles. The third kappa shape index (κ3) is 2.43. The van der Waals surface area contributed by atoms with Gasteiger partial charge in [-0.3, -0.25) is 9.78 Å². The monoisotopic (exact) mass is 273 g/mol. The molecule has 2 N–H and O–H groups in total. The average Bonchev–Trinajstić information content (AvgIpc) is 2.43. The van der Waals surface area contributed by atoms with Crippen LogP contribution in [-0.2, 0) is 12.8 Å². The van der Waals surface area contributed by atoms with E-state index in [4.69, 9.17) is 0 Å². The van der Waals surface area contributed by atoms with Crippen molar-refractivity contribution in [3.05, 3.63) is 51.2 Å². The van der Waals surface area contributed by atoms with Gasteiger partial charge in [0, 0.05) is 5.56 Å². The molecule has 2 aromatic rings. The highest BCUT2D eigenvalue weighted by molar-refractivity contribution is 5.55. The summed E-state index contributed by atoms with van der Waals surface area (Å²) in [4.78, 5) is 19.1. The number of benzene rings is 1. The van der Waals surface area contributed by atoms with E-state index in [-0.39, 0.29) is 11.4 Å². The van der Waals surface area contributed by atoms with E-state index in [1.807, 2.05) is 6.92 Å². The van der Waals surface area contributed by atoms with Crippen molar-refractivity contribution in [3.8, 4) is 0 Å². The summed E-state index contributed by atoms with van der Waals surface area (Å²) in [5.41, 5.74) is 2.74. The number of H-pyrrole nitrogens is 1. The van der Waals surface area contributed by atoms with Gasteiger partial charge in [-0.2, -0.15) is 0 Å². The number of hydrogen-bond donors (Lipinski definition) is 2. The first-order valence-corrected chi connectivity index (χ1v) is 6.79. The standard InChI is InChI=1S/C15H16FN3O/c1-9-6-7-11(16)13(8-9)18-15-17-12-5-3-2-4-10(12)14(20)19-15/h6-8H,2-5H2,1H3,(H2,17,18,19,20). The van der Waals surface area contributed by atoms with Crippen molar-refractivity contribution < 1.29 is 4.39 Å². The Balaban J connectivity index is 1.97. The first-order chi connectivity index (χ1) is 9.63. The highest BCUT2D eigenvalue weighted by atomic mass is 19.1. The van der Waals surface area contributed by atoms with Crippen LogP contribution in [0.15, 0.2) is 23.0 Å². The maximum atomic E-state index is 13.7. The predicted octanol–water partition coefficient (Wildman–Crippen LogP) is 2.84. The molecule has 0 aliphatic heterocycles. The number of nitrogens with zero attached hydrogens (tertiary/aromatic N) is 1. The van der Waals surface area contributed by atoms with Crippen LogP contribution in [0.1, 0.15) is 29.7 Å². The van der Waals surface area contributed by atoms with Crippen molar-refractivity contribution in [3.63, 3.8) is 0 Å². The summed E-state index contributed by atoms with van der Waals surface area (Å²) in [5.74, 6) is -0.0591. The maximum absolute atomic E-state index is 13.7. The molecule has 0 spiro atoms. The summed E-state index contributed by atoms with van der Waals surface area (Å²) >= 11 is 0. The van der Waals surface area contributed by atoms with Gasteiger partial charge in [0.1, 0.15) is 5.82 Å². The molecule has 0 saturated heterocycles. The van der Waals surface area contributed by atoms with Crippen LogP contribution < -0.4 is 10.9 Å². The lowest BCUT2D eigenvalue weighted by atomic mass is 9.97. The fourth-order valence-corrected chi connectivity index (χ4v) is 2.52. The third-order valence-electron chi connectivity index (χ3n) is 3.57. The van der Waals surface area contributed by atoms with E-state index in [2.05, 4.69) is 15.3 Å². The first kappa shape index (κ1) is 12.8. The van der Waals surface area contributed by atoms with E-state index >= 15 is 0 Å². The minimum Gasteiger partial charge on any atom is -0.323 e. The molecular weight excluding hydrogens is 257 g/mol.